The third-order valence-corrected chi connectivity index (χ3v) is 5.65. The molecule has 1 aliphatic carbocycles. The first-order valence-electron chi connectivity index (χ1n) is 9.51. The Hall–Kier alpha value is -3.49. The molecule has 4 aromatic rings. The van der Waals surface area contributed by atoms with Gasteiger partial charge in [0, 0.05) is 36.8 Å². The first-order chi connectivity index (χ1) is 14.1. The normalized spacial score (nSPS) is 19.1. The van der Waals surface area contributed by atoms with E-state index in [-0.39, 0.29) is 11.9 Å². The van der Waals surface area contributed by atoms with E-state index in [0.717, 1.165) is 34.7 Å². The monoisotopic (exact) mass is 391 g/mol. The summed E-state index contributed by atoms with van der Waals surface area (Å²) >= 11 is 0. The van der Waals surface area contributed by atoms with E-state index in [2.05, 4.69) is 25.5 Å². The van der Waals surface area contributed by atoms with Crippen molar-refractivity contribution in [2.75, 3.05) is 5.32 Å². The predicted molar refractivity (Wildman–Crippen MR) is 103 cm³/mol. The highest BCUT2D eigenvalue weighted by atomic mass is 19.1. The molecular formula is C20H18FN7O. The lowest BCUT2D eigenvalue weighted by Gasteiger charge is -2.13. The second kappa shape index (κ2) is 5.76. The minimum atomic E-state index is -0.232. The van der Waals surface area contributed by atoms with Crippen molar-refractivity contribution < 1.29 is 9.13 Å². The molecular weight excluding hydrogens is 373 g/mol. The van der Waals surface area contributed by atoms with E-state index in [1.54, 1.807) is 21.5 Å². The molecule has 1 aliphatic heterocycles. The molecule has 1 aromatic carbocycles. The van der Waals surface area contributed by atoms with Gasteiger partial charge in [0.1, 0.15) is 24.0 Å². The van der Waals surface area contributed by atoms with Crippen molar-refractivity contribution in [3.05, 3.63) is 53.4 Å². The standard InChI is InChI=1S/C20H18FN7O/c1-10-5-15(27(2)26-10)13-8-23-20(28-19(13)24-9-25-28)22-7-12-14(21)3-4-16-18(12)11-6-17(11)29-16/h3-5,8-9,11,17H,6-7H2,1-2H3,(H,22,23)/t11-,17?/m0/s1. The Morgan fingerprint density at radius 2 is 2.21 bits per heavy atom. The van der Waals surface area contributed by atoms with Crippen LogP contribution in [0.3, 0.4) is 0 Å². The van der Waals surface area contributed by atoms with Crippen LogP contribution in [-0.2, 0) is 13.6 Å². The van der Waals surface area contributed by atoms with Crippen LogP contribution >= 0.6 is 0 Å². The summed E-state index contributed by atoms with van der Waals surface area (Å²) in [6.45, 7) is 2.24. The van der Waals surface area contributed by atoms with E-state index in [0.29, 0.717) is 29.6 Å². The number of aromatic nitrogens is 6. The lowest BCUT2D eigenvalue weighted by molar-refractivity contribution is 0.318. The fourth-order valence-corrected chi connectivity index (χ4v) is 4.22. The summed E-state index contributed by atoms with van der Waals surface area (Å²) in [5.74, 6) is 1.38. The Labute approximate surface area is 165 Å². The highest BCUT2D eigenvalue weighted by Crippen LogP contribution is 2.55. The van der Waals surface area contributed by atoms with Crippen molar-refractivity contribution in [1.82, 2.24) is 29.4 Å². The molecule has 0 bridgehead atoms. The van der Waals surface area contributed by atoms with Crippen LogP contribution in [0, 0.1) is 12.7 Å². The predicted octanol–water partition coefficient (Wildman–Crippen LogP) is 2.83. The Morgan fingerprint density at radius 3 is 3.03 bits per heavy atom. The zero-order chi connectivity index (χ0) is 19.7. The van der Waals surface area contributed by atoms with Crippen LogP contribution in [-0.4, -0.2) is 35.5 Å². The zero-order valence-corrected chi connectivity index (χ0v) is 15.9. The molecule has 1 N–H and O–H groups in total. The van der Waals surface area contributed by atoms with Gasteiger partial charge in [-0.3, -0.25) is 4.68 Å². The van der Waals surface area contributed by atoms with Gasteiger partial charge in [-0.25, -0.2) is 14.4 Å². The van der Waals surface area contributed by atoms with Crippen LogP contribution < -0.4 is 10.1 Å². The minimum Gasteiger partial charge on any atom is -0.489 e. The quantitative estimate of drug-likeness (QED) is 0.576. The maximum atomic E-state index is 14.6. The van der Waals surface area contributed by atoms with Crippen molar-refractivity contribution in [1.29, 1.82) is 0 Å². The molecule has 4 heterocycles. The van der Waals surface area contributed by atoms with Crippen LogP contribution in [0.1, 0.15) is 29.2 Å². The van der Waals surface area contributed by atoms with Crippen molar-refractivity contribution in [3.8, 4) is 17.0 Å². The first kappa shape index (κ1) is 16.5. The van der Waals surface area contributed by atoms with E-state index in [9.17, 15) is 4.39 Å². The molecule has 0 radical (unpaired) electrons. The fraction of sp³-hybridized carbons (Fsp3) is 0.300. The molecule has 29 heavy (non-hydrogen) atoms. The number of anilines is 1. The molecule has 9 heteroatoms. The smallest absolute Gasteiger partial charge is 0.226 e. The Balaban J connectivity index is 1.36. The molecule has 2 atom stereocenters. The number of nitrogens with one attached hydrogen (secondary N) is 1. The van der Waals surface area contributed by atoms with Gasteiger partial charge in [0.05, 0.1) is 17.0 Å². The molecule has 6 rings (SSSR count). The van der Waals surface area contributed by atoms with Gasteiger partial charge in [-0.05, 0) is 31.5 Å². The van der Waals surface area contributed by atoms with Gasteiger partial charge in [0.2, 0.25) is 5.95 Å². The second-order valence-corrected chi connectivity index (χ2v) is 7.58. The summed E-state index contributed by atoms with van der Waals surface area (Å²) in [5.41, 5.74) is 4.93. The van der Waals surface area contributed by atoms with Crippen LogP contribution in [0.4, 0.5) is 10.3 Å². The Kier molecular flexibility index (Phi) is 3.27. The summed E-state index contributed by atoms with van der Waals surface area (Å²) in [7, 11) is 1.88. The number of hydrogen-bond donors (Lipinski definition) is 1. The van der Waals surface area contributed by atoms with Gasteiger partial charge in [-0.15, -0.1) is 0 Å². The van der Waals surface area contributed by atoms with Gasteiger partial charge in [0.15, 0.2) is 5.65 Å². The highest BCUT2D eigenvalue weighted by molar-refractivity contribution is 5.75. The molecule has 146 valence electrons. The number of benzene rings is 1. The Morgan fingerprint density at radius 1 is 1.31 bits per heavy atom. The van der Waals surface area contributed by atoms with E-state index in [1.165, 1.54) is 12.4 Å². The average molecular weight is 391 g/mol. The van der Waals surface area contributed by atoms with Crippen LogP contribution in [0.15, 0.2) is 30.7 Å². The fourth-order valence-electron chi connectivity index (χ4n) is 4.22. The summed E-state index contributed by atoms with van der Waals surface area (Å²) in [5, 5.41) is 11.9. The van der Waals surface area contributed by atoms with Gasteiger partial charge in [-0.2, -0.15) is 14.7 Å². The Bertz CT molecular complexity index is 1280. The maximum Gasteiger partial charge on any atom is 0.226 e. The number of aryl methyl sites for hydroxylation is 2. The molecule has 8 nitrogen and oxygen atoms in total. The highest BCUT2D eigenvalue weighted by Gasteiger charge is 2.49. The third-order valence-electron chi connectivity index (χ3n) is 5.65. The molecule has 0 spiro atoms. The number of rotatable bonds is 4. The van der Waals surface area contributed by atoms with E-state index < -0.39 is 0 Å². The van der Waals surface area contributed by atoms with Gasteiger partial charge >= 0.3 is 0 Å². The largest absolute Gasteiger partial charge is 0.489 e. The SMILES string of the molecule is Cc1cc(-c2cnc(NCc3c(F)ccc4c3[C@H]3CC3O4)n3ncnc23)n(C)n1. The van der Waals surface area contributed by atoms with Gasteiger partial charge in [0.25, 0.3) is 0 Å². The van der Waals surface area contributed by atoms with Gasteiger partial charge < -0.3 is 10.1 Å². The molecule has 0 saturated heterocycles. The van der Waals surface area contributed by atoms with Crippen molar-refractivity contribution in [2.24, 2.45) is 7.05 Å². The molecule has 1 saturated carbocycles. The second-order valence-electron chi connectivity index (χ2n) is 7.58. The number of fused-ring (bicyclic) bond motifs is 4. The summed E-state index contributed by atoms with van der Waals surface area (Å²) in [4.78, 5) is 8.92. The van der Waals surface area contributed by atoms with E-state index in [4.69, 9.17) is 4.74 Å². The van der Waals surface area contributed by atoms with Crippen LogP contribution in [0.2, 0.25) is 0 Å². The van der Waals surface area contributed by atoms with Crippen molar-refractivity contribution in [3.63, 3.8) is 0 Å². The average Bonchev–Trinajstić information content (AvgIpc) is 3.04. The minimum absolute atomic E-state index is 0.215. The number of ether oxygens (including phenoxy) is 1. The number of halogens is 1. The lowest BCUT2D eigenvalue weighted by atomic mass is 10.0. The summed E-state index contributed by atoms with van der Waals surface area (Å²) in [6.07, 6.45) is 4.41. The zero-order valence-electron chi connectivity index (χ0n) is 15.9. The van der Waals surface area contributed by atoms with Crippen LogP contribution in [0.5, 0.6) is 5.75 Å². The molecule has 3 aromatic heterocycles. The first-order valence-corrected chi connectivity index (χ1v) is 9.51. The molecule has 1 fully saturated rings. The number of nitrogens with zero attached hydrogens (tertiary/aromatic N) is 6. The van der Waals surface area contributed by atoms with Crippen molar-refractivity contribution in [2.45, 2.75) is 31.9 Å². The van der Waals surface area contributed by atoms with Crippen molar-refractivity contribution >= 4 is 11.6 Å². The topological polar surface area (TPSA) is 82.2 Å². The third kappa shape index (κ3) is 2.43. The van der Waals surface area contributed by atoms with E-state index >= 15 is 0 Å². The molecule has 1 unspecified atom stereocenters. The molecule has 0 amide bonds. The van der Waals surface area contributed by atoms with E-state index in [1.807, 2.05) is 20.0 Å². The summed E-state index contributed by atoms with van der Waals surface area (Å²) < 4.78 is 23.8. The van der Waals surface area contributed by atoms with Crippen LogP contribution in [0.25, 0.3) is 16.9 Å². The number of hydrogen-bond acceptors (Lipinski definition) is 6. The summed E-state index contributed by atoms with van der Waals surface area (Å²) in [6, 6.07) is 5.17. The maximum absolute atomic E-state index is 14.6. The molecule has 2 aliphatic rings. The lowest BCUT2D eigenvalue weighted by Crippen LogP contribution is -2.11. The van der Waals surface area contributed by atoms with Gasteiger partial charge in [-0.1, -0.05) is 0 Å².